The van der Waals surface area contributed by atoms with Crippen LogP contribution < -0.4 is 5.32 Å². The average Bonchev–Trinajstić information content (AvgIpc) is 2.64. The molecule has 20 heavy (non-hydrogen) atoms. The van der Waals surface area contributed by atoms with Crippen molar-refractivity contribution in [2.24, 2.45) is 0 Å². The molecule has 1 saturated heterocycles. The molecule has 1 aromatic heterocycles. The fraction of sp³-hybridized carbons (Fsp3) is 0.714. The number of nitrogens with one attached hydrogen (secondary N) is 1. The quantitative estimate of drug-likeness (QED) is 0.860. The lowest BCUT2D eigenvalue weighted by Gasteiger charge is -2.15. The van der Waals surface area contributed by atoms with Gasteiger partial charge in [0.1, 0.15) is 12.1 Å². The Labute approximate surface area is 120 Å². The summed E-state index contributed by atoms with van der Waals surface area (Å²) in [4.78, 5) is 8.70. The van der Waals surface area contributed by atoms with E-state index < -0.39 is 9.84 Å². The third-order valence-corrected chi connectivity index (χ3v) is 6.61. The van der Waals surface area contributed by atoms with Crippen molar-refractivity contribution in [2.75, 3.05) is 17.6 Å². The summed E-state index contributed by atoms with van der Waals surface area (Å²) in [6, 6.07) is 0. The van der Waals surface area contributed by atoms with Crippen LogP contribution in [0.2, 0.25) is 0 Å². The number of aromatic nitrogens is 2. The Morgan fingerprint density at radius 3 is 2.80 bits per heavy atom. The fourth-order valence-corrected chi connectivity index (χ4v) is 4.91. The van der Waals surface area contributed by atoms with Crippen LogP contribution in [0, 0.1) is 0 Å². The van der Waals surface area contributed by atoms with Crippen LogP contribution in [-0.2, 0) is 22.7 Å². The molecule has 1 aliphatic carbocycles. The van der Waals surface area contributed by atoms with Gasteiger partial charge in [0.2, 0.25) is 0 Å². The van der Waals surface area contributed by atoms with Crippen molar-refractivity contribution in [1.29, 1.82) is 0 Å². The van der Waals surface area contributed by atoms with Gasteiger partial charge in [-0.05, 0) is 38.5 Å². The maximum atomic E-state index is 11.9. The van der Waals surface area contributed by atoms with Crippen LogP contribution in [0.25, 0.3) is 0 Å². The molecule has 3 rings (SSSR count). The molecule has 2 aliphatic rings. The number of aryl methyl sites for hydroxylation is 1. The highest BCUT2D eigenvalue weighted by Gasteiger charge is 2.31. The molecule has 1 aromatic rings. The second-order valence-corrected chi connectivity index (χ2v) is 8.12. The zero-order valence-corrected chi connectivity index (χ0v) is 12.5. The molecule has 0 saturated carbocycles. The number of fused-ring (bicyclic) bond motifs is 1. The zero-order valence-electron chi connectivity index (χ0n) is 11.6. The van der Waals surface area contributed by atoms with Crippen molar-refractivity contribution in [3.8, 4) is 0 Å². The van der Waals surface area contributed by atoms with Crippen molar-refractivity contribution >= 4 is 15.7 Å². The van der Waals surface area contributed by atoms with Gasteiger partial charge in [-0.1, -0.05) is 6.42 Å². The number of rotatable bonds is 3. The third kappa shape index (κ3) is 2.80. The topological polar surface area (TPSA) is 72.0 Å². The number of sulfone groups is 1. The van der Waals surface area contributed by atoms with Crippen LogP contribution >= 0.6 is 0 Å². The van der Waals surface area contributed by atoms with E-state index in [4.69, 9.17) is 0 Å². The SMILES string of the molecule is O=S1(=O)CCCC1CNc1ncnc2c1CCCCC2. The van der Waals surface area contributed by atoms with E-state index in [1.165, 1.54) is 18.4 Å². The van der Waals surface area contributed by atoms with E-state index in [2.05, 4.69) is 15.3 Å². The lowest BCUT2D eigenvalue weighted by atomic mass is 10.1. The Kier molecular flexibility index (Phi) is 3.92. The molecule has 2 heterocycles. The first-order valence-electron chi connectivity index (χ1n) is 7.45. The second-order valence-electron chi connectivity index (χ2n) is 5.72. The molecule has 0 spiro atoms. The molecular weight excluding hydrogens is 274 g/mol. The summed E-state index contributed by atoms with van der Waals surface area (Å²) in [5, 5.41) is 3.02. The van der Waals surface area contributed by atoms with E-state index in [0.717, 1.165) is 43.6 Å². The summed E-state index contributed by atoms with van der Waals surface area (Å²) in [7, 11) is -2.89. The smallest absolute Gasteiger partial charge is 0.154 e. The zero-order chi connectivity index (χ0) is 14.0. The van der Waals surface area contributed by atoms with Gasteiger partial charge in [-0.25, -0.2) is 18.4 Å². The van der Waals surface area contributed by atoms with Crippen LogP contribution in [0.5, 0.6) is 0 Å². The first-order chi connectivity index (χ1) is 9.67. The highest BCUT2D eigenvalue weighted by molar-refractivity contribution is 7.92. The van der Waals surface area contributed by atoms with Gasteiger partial charge in [-0.3, -0.25) is 0 Å². The molecule has 1 unspecified atom stereocenters. The third-order valence-electron chi connectivity index (χ3n) is 4.33. The van der Waals surface area contributed by atoms with E-state index in [9.17, 15) is 8.42 Å². The molecule has 0 amide bonds. The van der Waals surface area contributed by atoms with Gasteiger partial charge in [0.25, 0.3) is 0 Å². The molecule has 0 radical (unpaired) electrons. The first kappa shape index (κ1) is 13.8. The van der Waals surface area contributed by atoms with E-state index in [1.807, 2.05) is 0 Å². The summed E-state index contributed by atoms with van der Waals surface area (Å²) in [6.07, 6.45) is 8.73. The largest absolute Gasteiger partial charge is 0.368 e. The predicted octanol–water partition coefficient (Wildman–Crippen LogP) is 1.73. The Bertz CT molecular complexity index is 586. The molecule has 1 atom stereocenters. The highest BCUT2D eigenvalue weighted by atomic mass is 32.2. The standard InChI is InChI=1S/C14H21N3O2S/c18-20(19)8-4-5-11(20)9-15-14-12-6-2-1-3-7-13(12)16-10-17-14/h10-11H,1-9H2,(H,15,16,17). The molecular formula is C14H21N3O2S. The second kappa shape index (κ2) is 5.68. The summed E-state index contributed by atoms with van der Waals surface area (Å²) in [5.74, 6) is 1.18. The normalized spacial score (nSPS) is 24.9. The van der Waals surface area contributed by atoms with Crippen LogP contribution in [0.3, 0.4) is 0 Å². The van der Waals surface area contributed by atoms with Crippen molar-refractivity contribution in [1.82, 2.24) is 9.97 Å². The van der Waals surface area contributed by atoms with Gasteiger partial charge in [0, 0.05) is 17.8 Å². The average molecular weight is 295 g/mol. The van der Waals surface area contributed by atoms with Gasteiger partial charge in [0.15, 0.2) is 9.84 Å². The molecule has 6 heteroatoms. The van der Waals surface area contributed by atoms with Gasteiger partial charge in [-0.2, -0.15) is 0 Å². The van der Waals surface area contributed by atoms with Crippen LogP contribution in [0.15, 0.2) is 6.33 Å². The lowest BCUT2D eigenvalue weighted by molar-refractivity contribution is 0.591. The van der Waals surface area contributed by atoms with Gasteiger partial charge in [-0.15, -0.1) is 0 Å². The maximum absolute atomic E-state index is 11.9. The van der Waals surface area contributed by atoms with E-state index >= 15 is 0 Å². The molecule has 1 aliphatic heterocycles. The van der Waals surface area contributed by atoms with Crippen molar-refractivity contribution in [3.63, 3.8) is 0 Å². The maximum Gasteiger partial charge on any atom is 0.154 e. The molecule has 5 nitrogen and oxygen atoms in total. The summed E-state index contributed by atoms with van der Waals surface area (Å²) < 4.78 is 23.7. The van der Waals surface area contributed by atoms with Crippen LogP contribution in [-0.4, -0.2) is 35.9 Å². The number of anilines is 1. The molecule has 0 aromatic carbocycles. The Hall–Kier alpha value is -1.17. The Morgan fingerprint density at radius 1 is 1.15 bits per heavy atom. The Morgan fingerprint density at radius 2 is 2.00 bits per heavy atom. The monoisotopic (exact) mass is 295 g/mol. The molecule has 1 fully saturated rings. The van der Waals surface area contributed by atoms with E-state index in [-0.39, 0.29) is 5.25 Å². The molecule has 0 bridgehead atoms. The minimum absolute atomic E-state index is 0.251. The summed E-state index contributed by atoms with van der Waals surface area (Å²) in [6.45, 7) is 0.478. The number of hydrogen-bond acceptors (Lipinski definition) is 5. The molecule has 1 N–H and O–H groups in total. The van der Waals surface area contributed by atoms with Crippen LogP contribution in [0.1, 0.15) is 43.4 Å². The summed E-state index contributed by atoms with van der Waals surface area (Å²) in [5.41, 5.74) is 2.33. The first-order valence-corrected chi connectivity index (χ1v) is 9.16. The Balaban J connectivity index is 1.75. The van der Waals surface area contributed by atoms with E-state index in [1.54, 1.807) is 6.33 Å². The van der Waals surface area contributed by atoms with Crippen molar-refractivity contribution in [3.05, 3.63) is 17.6 Å². The van der Waals surface area contributed by atoms with E-state index in [0.29, 0.717) is 12.3 Å². The van der Waals surface area contributed by atoms with Gasteiger partial charge >= 0.3 is 0 Å². The summed E-state index contributed by atoms with van der Waals surface area (Å²) >= 11 is 0. The minimum Gasteiger partial charge on any atom is -0.368 e. The number of nitrogens with zero attached hydrogens (tertiary/aromatic N) is 2. The fourth-order valence-electron chi connectivity index (χ4n) is 3.15. The predicted molar refractivity (Wildman–Crippen MR) is 78.6 cm³/mol. The van der Waals surface area contributed by atoms with Crippen molar-refractivity contribution < 1.29 is 8.42 Å². The molecule has 110 valence electrons. The van der Waals surface area contributed by atoms with Crippen LogP contribution in [0.4, 0.5) is 5.82 Å². The highest BCUT2D eigenvalue weighted by Crippen LogP contribution is 2.25. The lowest BCUT2D eigenvalue weighted by Crippen LogP contribution is -2.26. The number of hydrogen-bond donors (Lipinski definition) is 1. The minimum atomic E-state index is -2.89. The van der Waals surface area contributed by atoms with Gasteiger partial charge in [0.05, 0.1) is 11.0 Å². The van der Waals surface area contributed by atoms with Crippen molar-refractivity contribution in [2.45, 2.75) is 50.2 Å². The van der Waals surface area contributed by atoms with Gasteiger partial charge < -0.3 is 5.32 Å².